The van der Waals surface area contributed by atoms with E-state index in [2.05, 4.69) is 5.10 Å². The van der Waals surface area contributed by atoms with Gasteiger partial charge in [-0.3, -0.25) is 4.79 Å². The van der Waals surface area contributed by atoms with E-state index in [0.29, 0.717) is 5.69 Å². The Bertz CT molecular complexity index is 614. The van der Waals surface area contributed by atoms with Crippen molar-refractivity contribution < 1.29 is 9.90 Å². The van der Waals surface area contributed by atoms with Crippen LogP contribution in [0.25, 0.3) is 5.69 Å². The topological polar surface area (TPSA) is 72.2 Å². The minimum absolute atomic E-state index is 0.291. The minimum Gasteiger partial charge on any atom is -0.477 e. The fraction of sp³-hybridized carbons (Fsp3) is 0.0833. The molecule has 0 amide bonds. The highest BCUT2D eigenvalue weighted by Crippen LogP contribution is 2.05. The average Bonchev–Trinajstić information content (AvgIpc) is 2.30. The van der Waals surface area contributed by atoms with Gasteiger partial charge in [-0.25, -0.2) is 4.79 Å². The van der Waals surface area contributed by atoms with Crippen LogP contribution in [0.2, 0.25) is 0 Å². The third kappa shape index (κ3) is 2.08. The number of aromatic carboxylic acids is 1. The summed E-state index contributed by atoms with van der Waals surface area (Å²) >= 11 is 0. The van der Waals surface area contributed by atoms with Crippen LogP contribution in [-0.4, -0.2) is 20.9 Å². The Hall–Kier alpha value is -2.43. The number of hydrogen-bond donors (Lipinski definition) is 1. The summed E-state index contributed by atoms with van der Waals surface area (Å²) in [4.78, 5) is 22.6. The molecule has 0 atom stereocenters. The monoisotopic (exact) mass is 230 g/mol. The number of nitrogens with zero attached hydrogens (tertiary/aromatic N) is 2. The van der Waals surface area contributed by atoms with Crippen LogP contribution in [0.5, 0.6) is 0 Å². The van der Waals surface area contributed by atoms with Gasteiger partial charge in [0.15, 0.2) is 0 Å². The molecule has 0 bridgehead atoms. The van der Waals surface area contributed by atoms with Gasteiger partial charge in [-0.05, 0) is 25.1 Å². The summed E-state index contributed by atoms with van der Waals surface area (Å²) in [6, 6.07) is 8.29. The normalized spacial score (nSPS) is 10.2. The third-order valence-electron chi connectivity index (χ3n) is 2.36. The van der Waals surface area contributed by atoms with Gasteiger partial charge >= 0.3 is 5.97 Å². The standard InChI is InChI=1S/C12H10N2O3/c1-8-2-4-9(5-3-8)14-11(15)10(12(16)17)6-7-13-14/h2-7H,1H3,(H,16,17). The predicted octanol–water partition coefficient (Wildman–Crippen LogP) is 1.24. The van der Waals surface area contributed by atoms with Crippen molar-refractivity contribution in [2.45, 2.75) is 6.92 Å². The lowest BCUT2D eigenvalue weighted by molar-refractivity contribution is 0.0694. The van der Waals surface area contributed by atoms with E-state index in [-0.39, 0.29) is 5.56 Å². The number of carboxylic acids is 1. The number of carboxylic acid groups (broad SMARTS) is 1. The molecule has 0 saturated heterocycles. The fourth-order valence-electron chi connectivity index (χ4n) is 1.45. The SMILES string of the molecule is Cc1ccc(-n2nccc(C(=O)O)c2=O)cc1. The van der Waals surface area contributed by atoms with Crippen LogP contribution in [-0.2, 0) is 0 Å². The maximum Gasteiger partial charge on any atom is 0.341 e. The molecule has 0 unspecified atom stereocenters. The van der Waals surface area contributed by atoms with Crippen molar-refractivity contribution in [1.29, 1.82) is 0 Å². The molecule has 2 rings (SSSR count). The maximum atomic E-state index is 11.8. The Morgan fingerprint density at radius 2 is 1.88 bits per heavy atom. The molecule has 0 aliphatic heterocycles. The molecule has 17 heavy (non-hydrogen) atoms. The molecular formula is C12H10N2O3. The molecular weight excluding hydrogens is 220 g/mol. The van der Waals surface area contributed by atoms with E-state index in [4.69, 9.17) is 5.11 Å². The first kappa shape index (κ1) is 11.1. The predicted molar refractivity (Wildman–Crippen MR) is 61.5 cm³/mol. The number of aromatic nitrogens is 2. The molecule has 5 nitrogen and oxygen atoms in total. The van der Waals surface area contributed by atoms with Crippen molar-refractivity contribution in [3.05, 3.63) is 58.0 Å². The van der Waals surface area contributed by atoms with Gasteiger partial charge < -0.3 is 5.11 Å². The number of hydrogen-bond acceptors (Lipinski definition) is 3. The molecule has 5 heteroatoms. The molecule has 1 aromatic carbocycles. The molecule has 0 radical (unpaired) electrons. The van der Waals surface area contributed by atoms with Gasteiger partial charge in [0.25, 0.3) is 5.56 Å². The van der Waals surface area contributed by atoms with E-state index in [1.807, 2.05) is 19.1 Å². The van der Waals surface area contributed by atoms with Crippen molar-refractivity contribution in [1.82, 2.24) is 9.78 Å². The first-order valence-corrected chi connectivity index (χ1v) is 4.98. The first-order chi connectivity index (χ1) is 8.09. The first-order valence-electron chi connectivity index (χ1n) is 4.98. The lowest BCUT2D eigenvalue weighted by atomic mass is 10.2. The summed E-state index contributed by atoms with van der Waals surface area (Å²) in [5.41, 5.74) is 0.671. The summed E-state index contributed by atoms with van der Waals surface area (Å²) in [6.07, 6.45) is 1.30. The van der Waals surface area contributed by atoms with Crippen LogP contribution in [0.4, 0.5) is 0 Å². The average molecular weight is 230 g/mol. The van der Waals surface area contributed by atoms with E-state index < -0.39 is 11.5 Å². The van der Waals surface area contributed by atoms with Crippen LogP contribution in [0.1, 0.15) is 15.9 Å². The Morgan fingerprint density at radius 1 is 1.24 bits per heavy atom. The highest BCUT2D eigenvalue weighted by Gasteiger charge is 2.11. The summed E-state index contributed by atoms with van der Waals surface area (Å²) < 4.78 is 1.07. The summed E-state index contributed by atoms with van der Waals surface area (Å²) in [5, 5.41) is 12.7. The second-order valence-corrected chi connectivity index (χ2v) is 3.60. The summed E-state index contributed by atoms with van der Waals surface area (Å²) in [6.45, 7) is 1.92. The Labute approximate surface area is 97.0 Å². The smallest absolute Gasteiger partial charge is 0.341 e. The Kier molecular flexibility index (Phi) is 2.74. The molecule has 1 N–H and O–H groups in total. The molecule has 1 aromatic heterocycles. The molecule has 0 spiro atoms. The number of rotatable bonds is 2. The third-order valence-corrected chi connectivity index (χ3v) is 2.36. The van der Waals surface area contributed by atoms with E-state index >= 15 is 0 Å². The van der Waals surface area contributed by atoms with Crippen LogP contribution < -0.4 is 5.56 Å². The van der Waals surface area contributed by atoms with E-state index in [0.717, 1.165) is 10.2 Å². The minimum atomic E-state index is -1.25. The van der Waals surface area contributed by atoms with Gasteiger partial charge in [-0.2, -0.15) is 9.78 Å². The van der Waals surface area contributed by atoms with Crippen LogP contribution in [0.15, 0.2) is 41.3 Å². The zero-order valence-corrected chi connectivity index (χ0v) is 9.12. The Morgan fingerprint density at radius 3 is 2.47 bits per heavy atom. The quantitative estimate of drug-likeness (QED) is 0.842. The fourth-order valence-corrected chi connectivity index (χ4v) is 1.45. The molecule has 86 valence electrons. The molecule has 0 aliphatic carbocycles. The lowest BCUT2D eigenvalue weighted by Gasteiger charge is -2.04. The van der Waals surface area contributed by atoms with Crippen LogP contribution in [0, 0.1) is 6.92 Å². The van der Waals surface area contributed by atoms with E-state index in [1.165, 1.54) is 12.3 Å². The second-order valence-electron chi connectivity index (χ2n) is 3.60. The van der Waals surface area contributed by atoms with Gasteiger partial charge in [0, 0.05) is 6.20 Å². The molecule has 0 saturated carbocycles. The number of carbonyl (C=O) groups is 1. The number of benzene rings is 1. The van der Waals surface area contributed by atoms with Gasteiger partial charge in [-0.1, -0.05) is 17.7 Å². The molecule has 0 aliphatic rings. The van der Waals surface area contributed by atoms with Gasteiger partial charge in [-0.15, -0.1) is 0 Å². The Balaban J connectivity index is 2.61. The van der Waals surface area contributed by atoms with Gasteiger partial charge in [0.1, 0.15) is 5.56 Å². The largest absolute Gasteiger partial charge is 0.477 e. The maximum absolute atomic E-state index is 11.8. The molecule has 1 heterocycles. The lowest BCUT2D eigenvalue weighted by Crippen LogP contribution is -2.26. The number of aryl methyl sites for hydroxylation is 1. The highest BCUT2D eigenvalue weighted by atomic mass is 16.4. The summed E-state index contributed by atoms with van der Waals surface area (Å²) in [7, 11) is 0. The van der Waals surface area contributed by atoms with Gasteiger partial charge in [0.2, 0.25) is 0 Å². The second kappa shape index (κ2) is 4.21. The summed E-state index contributed by atoms with van der Waals surface area (Å²) in [5.74, 6) is -1.25. The van der Waals surface area contributed by atoms with E-state index in [1.54, 1.807) is 12.1 Å². The van der Waals surface area contributed by atoms with Gasteiger partial charge in [0.05, 0.1) is 5.69 Å². The zero-order chi connectivity index (χ0) is 12.4. The molecule has 0 fully saturated rings. The van der Waals surface area contributed by atoms with Crippen molar-refractivity contribution in [3.63, 3.8) is 0 Å². The van der Waals surface area contributed by atoms with Crippen molar-refractivity contribution >= 4 is 5.97 Å². The highest BCUT2D eigenvalue weighted by molar-refractivity contribution is 5.86. The van der Waals surface area contributed by atoms with Crippen molar-refractivity contribution in [2.24, 2.45) is 0 Å². The van der Waals surface area contributed by atoms with Crippen LogP contribution >= 0.6 is 0 Å². The van der Waals surface area contributed by atoms with E-state index in [9.17, 15) is 9.59 Å². The zero-order valence-electron chi connectivity index (χ0n) is 9.12. The van der Waals surface area contributed by atoms with Crippen LogP contribution in [0.3, 0.4) is 0 Å². The van der Waals surface area contributed by atoms with Crippen molar-refractivity contribution in [3.8, 4) is 5.69 Å². The molecule has 2 aromatic rings. The van der Waals surface area contributed by atoms with Crippen molar-refractivity contribution in [2.75, 3.05) is 0 Å².